The van der Waals surface area contributed by atoms with Crippen LogP contribution in [0, 0.1) is 0 Å². The van der Waals surface area contributed by atoms with Crippen LogP contribution < -0.4 is 10.3 Å². The fourth-order valence-electron chi connectivity index (χ4n) is 3.36. The van der Waals surface area contributed by atoms with E-state index in [0.29, 0.717) is 11.8 Å². The average molecular weight is 432 g/mol. The molecule has 9 heteroatoms. The van der Waals surface area contributed by atoms with E-state index in [1.165, 1.54) is 11.6 Å². The van der Waals surface area contributed by atoms with E-state index in [2.05, 4.69) is 25.5 Å². The Bertz CT molecular complexity index is 1160. The second kappa shape index (κ2) is 8.33. The minimum absolute atomic E-state index is 0.0573. The average Bonchev–Trinajstić information content (AvgIpc) is 3.40. The van der Waals surface area contributed by atoms with Crippen LogP contribution in [0.15, 0.2) is 60.0 Å². The molecule has 1 atom stereocenters. The molecule has 3 aromatic rings. The second-order valence-electron chi connectivity index (χ2n) is 8.64. The third kappa shape index (κ3) is 4.27. The lowest BCUT2D eigenvalue weighted by atomic mass is 9.92. The third-order valence-corrected chi connectivity index (χ3v) is 5.12. The van der Waals surface area contributed by atoms with Crippen molar-refractivity contribution in [2.75, 3.05) is 10.3 Å². The summed E-state index contributed by atoms with van der Waals surface area (Å²) in [4.78, 5) is 33.9. The van der Waals surface area contributed by atoms with Gasteiger partial charge in [0.25, 0.3) is 11.9 Å². The number of ketones is 1. The Morgan fingerprint density at radius 2 is 1.75 bits per heavy atom. The monoisotopic (exact) mass is 431 g/mol. The zero-order valence-corrected chi connectivity index (χ0v) is 18.5. The Hall–Kier alpha value is -3.88. The highest BCUT2D eigenvalue weighted by molar-refractivity contribution is 6.44. The lowest BCUT2D eigenvalue weighted by molar-refractivity contribution is -0.118. The van der Waals surface area contributed by atoms with Gasteiger partial charge in [0.2, 0.25) is 0 Å². The van der Waals surface area contributed by atoms with Crippen LogP contribution in [0.5, 0.6) is 0 Å². The lowest BCUT2D eigenvalue weighted by Gasteiger charge is -2.20. The van der Waals surface area contributed by atoms with Crippen LogP contribution in [0.4, 0.5) is 11.5 Å². The van der Waals surface area contributed by atoms with Crippen LogP contribution >= 0.6 is 0 Å². The van der Waals surface area contributed by atoms with Crippen molar-refractivity contribution in [3.8, 4) is 5.95 Å². The molecule has 32 heavy (non-hydrogen) atoms. The molecule has 0 bridgehead atoms. The van der Waals surface area contributed by atoms with Crippen molar-refractivity contribution in [1.82, 2.24) is 19.7 Å². The van der Waals surface area contributed by atoms with Gasteiger partial charge in [0.15, 0.2) is 5.78 Å². The molecule has 0 spiro atoms. The minimum Gasteiger partial charge on any atom is -0.305 e. The highest BCUT2D eigenvalue weighted by atomic mass is 16.2. The number of hydrogen-bond donors (Lipinski definition) is 1. The Kier molecular flexibility index (Phi) is 5.56. The van der Waals surface area contributed by atoms with Gasteiger partial charge in [-0.3, -0.25) is 14.6 Å². The molecule has 1 aromatic carbocycles. The maximum absolute atomic E-state index is 13.1. The van der Waals surface area contributed by atoms with Gasteiger partial charge in [0.05, 0.1) is 11.4 Å². The topological polar surface area (TPSA) is 105 Å². The van der Waals surface area contributed by atoms with Crippen molar-refractivity contribution in [3.63, 3.8) is 0 Å². The Morgan fingerprint density at radius 3 is 2.38 bits per heavy atom. The number of rotatable bonds is 5. The number of anilines is 2. The summed E-state index contributed by atoms with van der Waals surface area (Å²) in [6, 6.07) is 12.3. The summed E-state index contributed by atoms with van der Waals surface area (Å²) < 4.78 is 1.51. The van der Waals surface area contributed by atoms with Gasteiger partial charge in [-0.05, 0) is 25.1 Å². The molecule has 0 saturated carbocycles. The fourth-order valence-corrected chi connectivity index (χ4v) is 3.36. The van der Waals surface area contributed by atoms with Gasteiger partial charge < -0.3 is 5.32 Å². The standard InChI is InChI=1S/C23H25N7O2/c1-15(31)18-13-17(27-29(18)16-9-6-5-7-10-16)21(32)26-20-14-19(23(2,3)4)28-30(20)22-24-11-8-12-25-22/h5-12,14,18H,13H2,1-4H3,(H,26,32). The molecule has 4 rings (SSSR count). The largest absolute Gasteiger partial charge is 0.305 e. The van der Waals surface area contributed by atoms with Gasteiger partial charge in [-0.2, -0.15) is 14.9 Å². The zero-order chi connectivity index (χ0) is 22.9. The first-order valence-corrected chi connectivity index (χ1v) is 10.4. The van der Waals surface area contributed by atoms with Gasteiger partial charge in [-0.15, -0.1) is 0 Å². The summed E-state index contributed by atoms with van der Waals surface area (Å²) in [5.74, 6) is 0.330. The first-order valence-electron chi connectivity index (χ1n) is 10.4. The van der Waals surface area contributed by atoms with Gasteiger partial charge in [-0.1, -0.05) is 39.0 Å². The number of Topliss-reactive ketones (excluding diaryl/α,β-unsaturated/α-hetero) is 1. The van der Waals surface area contributed by atoms with E-state index >= 15 is 0 Å². The first-order chi connectivity index (χ1) is 15.2. The molecule has 1 amide bonds. The van der Waals surface area contributed by atoms with Crippen LogP contribution in [0.25, 0.3) is 5.95 Å². The molecule has 164 valence electrons. The summed E-state index contributed by atoms with van der Waals surface area (Å²) in [5.41, 5.74) is 1.57. The van der Waals surface area contributed by atoms with E-state index in [1.807, 2.05) is 51.1 Å². The molecule has 1 unspecified atom stereocenters. The molecular weight excluding hydrogens is 406 g/mol. The van der Waals surface area contributed by atoms with Crippen LogP contribution in [0.3, 0.4) is 0 Å². The number of nitrogens with zero attached hydrogens (tertiary/aromatic N) is 6. The Labute approximate surface area is 186 Å². The number of aromatic nitrogens is 4. The molecule has 0 fully saturated rings. The quantitative estimate of drug-likeness (QED) is 0.665. The first kappa shape index (κ1) is 21.4. The van der Waals surface area contributed by atoms with Crippen LogP contribution in [-0.4, -0.2) is 43.2 Å². The molecule has 1 aliphatic heterocycles. The summed E-state index contributed by atoms with van der Waals surface area (Å²) in [6.07, 6.45) is 3.45. The molecular formula is C23H25N7O2. The summed E-state index contributed by atoms with van der Waals surface area (Å²) in [6.45, 7) is 7.61. The maximum Gasteiger partial charge on any atom is 0.273 e. The number of hydrogen-bond acceptors (Lipinski definition) is 7. The summed E-state index contributed by atoms with van der Waals surface area (Å²) in [5, 5.41) is 13.6. The number of carbonyl (C=O) groups is 2. The van der Waals surface area contributed by atoms with Gasteiger partial charge >= 0.3 is 0 Å². The van der Waals surface area contributed by atoms with Crippen LogP contribution in [0.2, 0.25) is 0 Å². The van der Waals surface area contributed by atoms with E-state index in [0.717, 1.165) is 11.4 Å². The SMILES string of the molecule is CC(=O)C1CC(C(=O)Nc2cc(C(C)(C)C)nn2-c2ncccn2)=NN1c1ccccc1. The molecule has 0 saturated heterocycles. The van der Waals surface area contributed by atoms with E-state index in [4.69, 9.17) is 0 Å². The molecule has 0 radical (unpaired) electrons. The minimum atomic E-state index is -0.523. The number of nitrogens with one attached hydrogen (secondary N) is 1. The Morgan fingerprint density at radius 1 is 1.06 bits per heavy atom. The smallest absolute Gasteiger partial charge is 0.273 e. The molecule has 3 heterocycles. The van der Waals surface area contributed by atoms with E-state index in [-0.39, 0.29) is 23.3 Å². The second-order valence-corrected chi connectivity index (χ2v) is 8.64. The number of carbonyl (C=O) groups excluding carboxylic acids is 2. The summed E-state index contributed by atoms with van der Waals surface area (Å²) in [7, 11) is 0. The predicted molar refractivity (Wildman–Crippen MR) is 122 cm³/mol. The van der Waals surface area contributed by atoms with E-state index in [1.54, 1.807) is 29.5 Å². The van der Waals surface area contributed by atoms with Crippen molar-refractivity contribution in [2.45, 2.75) is 45.6 Å². The Balaban J connectivity index is 1.65. The van der Waals surface area contributed by atoms with Crippen molar-refractivity contribution >= 4 is 28.9 Å². The van der Waals surface area contributed by atoms with Crippen molar-refractivity contribution in [1.29, 1.82) is 0 Å². The molecule has 1 N–H and O–H groups in total. The number of hydrazone groups is 1. The van der Waals surface area contributed by atoms with Crippen molar-refractivity contribution in [3.05, 3.63) is 60.6 Å². The van der Waals surface area contributed by atoms with Crippen molar-refractivity contribution in [2.24, 2.45) is 5.10 Å². The van der Waals surface area contributed by atoms with Crippen molar-refractivity contribution < 1.29 is 9.59 Å². The number of para-hydroxylation sites is 1. The van der Waals surface area contributed by atoms with Gasteiger partial charge in [0, 0.05) is 30.3 Å². The molecule has 1 aliphatic rings. The predicted octanol–water partition coefficient (Wildman–Crippen LogP) is 3.12. The lowest BCUT2D eigenvalue weighted by Crippen LogP contribution is -2.33. The van der Waals surface area contributed by atoms with Crippen LogP contribution in [-0.2, 0) is 15.0 Å². The van der Waals surface area contributed by atoms with E-state index < -0.39 is 11.9 Å². The van der Waals surface area contributed by atoms with Crippen LogP contribution in [0.1, 0.15) is 39.8 Å². The number of benzene rings is 1. The molecule has 0 aliphatic carbocycles. The highest BCUT2D eigenvalue weighted by Gasteiger charge is 2.34. The fraction of sp³-hybridized carbons (Fsp3) is 0.304. The van der Waals surface area contributed by atoms with Gasteiger partial charge in [-0.25, -0.2) is 9.97 Å². The third-order valence-electron chi connectivity index (χ3n) is 5.12. The maximum atomic E-state index is 13.1. The zero-order valence-electron chi connectivity index (χ0n) is 18.5. The van der Waals surface area contributed by atoms with Gasteiger partial charge in [0.1, 0.15) is 17.6 Å². The summed E-state index contributed by atoms with van der Waals surface area (Å²) >= 11 is 0. The van der Waals surface area contributed by atoms with E-state index in [9.17, 15) is 9.59 Å². The normalized spacial score (nSPS) is 16.1. The molecule has 2 aromatic heterocycles. The number of amides is 1. The highest BCUT2D eigenvalue weighted by Crippen LogP contribution is 2.27. The molecule has 9 nitrogen and oxygen atoms in total.